The molecule has 0 saturated heterocycles. The number of hydrogen-bond acceptors (Lipinski definition) is 3. The van der Waals surface area contributed by atoms with Crippen LogP contribution in [0.1, 0.15) is 50.3 Å². The highest BCUT2D eigenvalue weighted by atomic mass is 15.4. The van der Waals surface area contributed by atoms with Gasteiger partial charge >= 0.3 is 0 Å². The second-order valence-electron chi connectivity index (χ2n) is 5.40. The molecule has 1 aromatic heterocycles. The summed E-state index contributed by atoms with van der Waals surface area (Å²) in [6.07, 6.45) is 6.41. The number of aryl methyl sites for hydroxylation is 2. The summed E-state index contributed by atoms with van der Waals surface area (Å²) in [6, 6.07) is 0.562. The molecule has 106 valence electrons. The largest absolute Gasteiger partial charge is 0.384 e. The Morgan fingerprint density at radius 3 is 2.58 bits per heavy atom. The molecule has 0 amide bonds. The number of aromatic nitrogens is 2. The lowest BCUT2D eigenvalue weighted by atomic mass is 9.94. The van der Waals surface area contributed by atoms with E-state index in [2.05, 4.69) is 16.9 Å². The van der Waals surface area contributed by atoms with E-state index in [0.717, 1.165) is 23.6 Å². The second kappa shape index (κ2) is 5.63. The normalized spacial score (nSPS) is 16.6. The lowest BCUT2D eigenvalue weighted by Crippen LogP contribution is -2.39. The van der Waals surface area contributed by atoms with E-state index in [1.54, 1.807) is 0 Å². The average molecular weight is 263 g/mol. The SMILES string of the molecule is CCN(c1c(C(=N)N)c(C)nn1C)C1CCCCC1. The van der Waals surface area contributed by atoms with Gasteiger partial charge in [-0.05, 0) is 26.7 Å². The molecule has 19 heavy (non-hydrogen) atoms. The summed E-state index contributed by atoms with van der Waals surface area (Å²) in [5.74, 6) is 1.13. The van der Waals surface area contributed by atoms with Crippen molar-refractivity contribution < 1.29 is 0 Å². The fraction of sp³-hybridized carbons (Fsp3) is 0.714. The molecule has 0 bridgehead atoms. The Morgan fingerprint density at radius 2 is 2.05 bits per heavy atom. The zero-order valence-electron chi connectivity index (χ0n) is 12.2. The smallest absolute Gasteiger partial charge is 0.138 e. The van der Waals surface area contributed by atoms with Crippen LogP contribution in [0, 0.1) is 12.3 Å². The quantitative estimate of drug-likeness (QED) is 0.646. The first-order valence-electron chi connectivity index (χ1n) is 7.20. The highest BCUT2D eigenvalue weighted by Crippen LogP contribution is 2.30. The first kappa shape index (κ1) is 13.9. The molecule has 1 saturated carbocycles. The molecule has 3 N–H and O–H groups in total. The Hall–Kier alpha value is -1.52. The van der Waals surface area contributed by atoms with Crippen molar-refractivity contribution in [3.63, 3.8) is 0 Å². The molecule has 0 spiro atoms. The monoisotopic (exact) mass is 263 g/mol. The van der Waals surface area contributed by atoms with Gasteiger partial charge < -0.3 is 10.6 Å². The summed E-state index contributed by atoms with van der Waals surface area (Å²) in [4.78, 5) is 2.38. The minimum absolute atomic E-state index is 0.120. The van der Waals surface area contributed by atoms with Gasteiger partial charge in [-0.1, -0.05) is 19.3 Å². The number of anilines is 1. The first-order valence-corrected chi connectivity index (χ1v) is 7.20. The van der Waals surface area contributed by atoms with Gasteiger partial charge in [-0.3, -0.25) is 10.1 Å². The molecule has 0 radical (unpaired) electrons. The highest BCUT2D eigenvalue weighted by Gasteiger charge is 2.27. The maximum Gasteiger partial charge on any atom is 0.138 e. The Kier molecular flexibility index (Phi) is 4.12. The van der Waals surface area contributed by atoms with Gasteiger partial charge in [-0.15, -0.1) is 0 Å². The minimum atomic E-state index is 0.120. The van der Waals surface area contributed by atoms with E-state index in [1.807, 2.05) is 18.7 Å². The van der Waals surface area contributed by atoms with Crippen molar-refractivity contribution in [1.29, 1.82) is 5.41 Å². The summed E-state index contributed by atoms with van der Waals surface area (Å²) in [6.45, 7) is 5.03. The molecule has 1 fully saturated rings. The fourth-order valence-electron chi connectivity index (χ4n) is 3.26. The Labute approximate surface area is 115 Å². The van der Waals surface area contributed by atoms with Crippen molar-refractivity contribution >= 4 is 11.7 Å². The summed E-state index contributed by atoms with van der Waals surface area (Å²) >= 11 is 0. The topological polar surface area (TPSA) is 70.9 Å². The molecule has 1 aliphatic carbocycles. The maximum absolute atomic E-state index is 7.81. The van der Waals surface area contributed by atoms with Crippen molar-refractivity contribution in [2.75, 3.05) is 11.4 Å². The van der Waals surface area contributed by atoms with Crippen LogP contribution in [0.15, 0.2) is 0 Å². The molecule has 5 nitrogen and oxygen atoms in total. The minimum Gasteiger partial charge on any atom is -0.384 e. The molecule has 0 unspecified atom stereocenters. The third kappa shape index (κ3) is 2.60. The van der Waals surface area contributed by atoms with Crippen LogP contribution in [0.4, 0.5) is 5.82 Å². The number of amidine groups is 1. The van der Waals surface area contributed by atoms with Crippen molar-refractivity contribution in [3.05, 3.63) is 11.3 Å². The van der Waals surface area contributed by atoms with Crippen molar-refractivity contribution in [2.24, 2.45) is 12.8 Å². The van der Waals surface area contributed by atoms with Gasteiger partial charge in [0.2, 0.25) is 0 Å². The van der Waals surface area contributed by atoms with E-state index in [0.29, 0.717) is 6.04 Å². The molecule has 1 aliphatic rings. The highest BCUT2D eigenvalue weighted by molar-refractivity contribution is 6.01. The Morgan fingerprint density at radius 1 is 1.42 bits per heavy atom. The second-order valence-corrected chi connectivity index (χ2v) is 5.40. The molecule has 5 heteroatoms. The maximum atomic E-state index is 7.81. The summed E-state index contributed by atoms with van der Waals surface area (Å²) < 4.78 is 1.88. The van der Waals surface area contributed by atoms with Gasteiger partial charge in [0.25, 0.3) is 0 Å². The van der Waals surface area contributed by atoms with Gasteiger partial charge in [0.15, 0.2) is 0 Å². The lowest BCUT2D eigenvalue weighted by molar-refractivity contribution is 0.413. The predicted octanol–water partition coefficient (Wildman–Crippen LogP) is 2.17. The molecule has 2 rings (SSSR count). The van der Waals surface area contributed by atoms with Crippen LogP contribution >= 0.6 is 0 Å². The summed E-state index contributed by atoms with van der Waals surface area (Å²) in [7, 11) is 1.94. The number of hydrogen-bond donors (Lipinski definition) is 2. The van der Waals surface area contributed by atoms with Gasteiger partial charge in [0.1, 0.15) is 11.7 Å². The van der Waals surface area contributed by atoms with Crippen molar-refractivity contribution in [1.82, 2.24) is 9.78 Å². The molecule has 0 aliphatic heterocycles. The van der Waals surface area contributed by atoms with Crippen LogP contribution in [0.2, 0.25) is 0 Å². The number of nitrogen functional groups attached to an aromatic ring is 1. The molecular weight excluding hydrogens is 238 g/mol. The zero-order valence-corrected chi connectivity index (χ0v) is 12.2. The molecule has 1 heterocycles. The van der Waals surface area contributed by atoms with Crippen molar-refractivity contribution in [3.8, 4) is 0 Å². The lowest BCUT2D eigenvalue weighted by Gasteiger charge is -2.35. The number of rotatable bonds is 4. The van der Waals surface area contributed by atoms with E-state index in [9.17, 15) is 0 Å². The average Bonchev–Trinajstić information content (AvgIpc) is 2.67. The van der Waals surface area contributed by atoms with Crippen LogP contribution in [0.5, 0.6) is 0 Å². The van der Waals surface area contributed by atoms with E-state index in [4.69, 9.17) is 11.1 Å². The third-order valence-corrected chi connectivity index (χ3v) is 4.09. The fourth-order valence-corrected chi connectivity index (χ4v) is 3.26. The molecule has 0 aromatic carbocycles. The van der Waals surface area contributed by atoms with Crippen LogP contribution in [-0.4, -0.2) is 28.2 Å². The molecule has 1 aromatic rings. The van der Waals surface area contributed by atoms with E-state index in [-0.39, 0.29) is 5.84 Å². The van der Waals surface area contributed by atoms with Crippen LogP contribution in [-0.2, 0) is 7.05 Å². The van der Waals surface area contributed by atoms with Gasteiger partial charge in [0.05, 0.1) is 11.3 Å². The van der Waals surface area contributed by atoms with Gasteiger partial charge in [0, 0.05) is 19.6 Å². The van der Waals surface area contributed by atoms with E-state index < -0.39 is 0 Å². The van der Waals surface area contributed by atoms with Crippen LogP contribution < -0.4 is 10.6 Å². The first-order chi connectivity index (χ1) is 9.06. The number of nitrogens with one attached hydrogen (secondary N) is 1. The number of nitrogens with two attached hydrogens (primary N) is 1. The van der Waals surface area contributed by atoms with Crippen molar-refractivity contribution in [2.45, 2.75) is 52.0 Å². The zero-order chi connectivity index (χ0) is 14.0. The third-order valence-electron chi connectivity index (χ3n) is 4.09. The Balaban J connectivity index is 2.39. The summed E-state index contributed by atoms with van der Waals surface area (Å²) in [5, 5.41) is 12.3. The van der Waals surface area contributed by atoms with Crippen LogP contribution in [0.3, 0.4) is 0 Å². The van der Waals surface area contributed by atoms with E-state index >= 15 is 0 Å². The van der Waals surface area contributed by atoms with Crippen LogP contribution in [0.25, 0.3) is 0 Å². The van der Waals surface area contributed by atoms with E-state index in [1.165, 1.54) is 32.1 Å². The number of nitrogens with zero attached hydrogens (tertiary/aromatic N) is 3. The molecule has 0 atom stereocenters. The molecular formula is C14H25N5. The Bertz CT molecular complexity index is 457. The summed E-state index contributed by atoms with van der Waals surface area (Å²) in [5.41, 5.74) is 7.40. The van der Waals surface area contributed by atoms with Gasteiger partial charge in [-0.25, -0.2) is 0 Å². The standard InChI is InChI=1S/C14H25N5/c1-4-19(11-8-6-5-7-9-11)14-12(13(15)16)10(2)17-18(14)3/h11H,4-9H2,1-3H3,(H3,15,16). The van der Waals surface area contributed by atoms with Gasteiger partial charge in [-0.2, -0.15) is 5.10 Å². The predicted molar refractivity (Wildman–Crippen MR) is 78.9 cm³/mol.